The molecule has 0 spiro atoms. The highest BCUT2D eigenvalue weighted by atomic mass is 32.2. The zero-order valence-electron chi connectivity index (χ0n) is 22.2. The summed E-state index contributed by atoms with van der Waals surface area (Å²) in [5.74, 6) is -3.14. The minimum atomic E-state index is -3.82. The predicted octanol–water partition coefficient (Wildman–Crippen LogP) is 4.45. The molecule has 0 saturated heterocycles. The number of nitrogens with one attached hydrogen (secondary N) is 2. The average Bonchev–Trinajstić information content (AvgIpc) is 2.86. The number of aromatic nitrogens is 1. The lowest BCUT2D eigenvalue weighted by Crippen LogP contribution is -2.33. The number of carboxylic acid groups (broad SMARTS) is 1. The summed E-state index contributed by atoms with van der Waals surface area (Å²) >= 11 is 0. The van der Waals surface area contributed by atoms with Crippen LogP contribution in [-0.2, 0) is 14.8 Å². The summed E-state index contributed by atoms with van der Waals surface area (Å²) in [6.45, 7) is 1.62. The van der Waals surface area contributed by atoms with Gasteiger partial charge in [0.15, 0.2) is 11.4 Å². The van der Waals surface area contributed by atoms with Gasteiger partial charge in [0.05, 0.1) is 18.4 Å². The molecular formula is C26H43N3O7S. The fourth-order valence-electron chi connectivity index (χ4n) is 3.87. The molecule has 0 aliphatic heterocycles. The standard InChI is InChI=1S/C26H43N3O7S/c1-3-4-5-6-7-8-9-10-11-12-13-14-15-16-17-37(34,35)29-25(32)21-18-22(36-2)24(27-19-21)26(33)28-20-23(30)31/h18-19H,3-17,20H2,1-2H3,(H,28,33)(H,29,32)(H,30,31). The zero-order valence-corrected chi connectivity index (χ0v) is 23.0. The van der Waals surface area contributed by atoms with Crippen molar-refractivity contribution >= 4 is 27.8 Å². The molecule has 11 heteroatoms. The van der Waals surface area contributed by atoms with Crippen molar-refractivity contribution in [3.05, 3.63) is 23.5 Å². The third kappa shape index (κ3) is 14.6. The Hall–Kier alpha value is -2.69. The van der Waals surface area contributed by atoms with Crippen molar-refractivity contribution in [2.24, 2.45) is 0 Å². The molecule has 0 radical (unpaired) electrons. The van der Waals surface area contributed by atoms with E-state index in [0.717, 1.165) is 25.5 Å². The minimum Gasteiger partial charge on any atom is -0.494 e. The average molecular weight is 542 g/mol. The van der Waals surface area contributed by atoms with Gasteiger partial charge >= 0.3 is 5.97 Å². The van der Waals surface area contributed by atoms with Crippen LogP contribution in [-0.4, -0.2) is 55.7 Å². The second-order valence-electron chi connectivity index (χ2n) is 9.20. The Kier molecular flexibility index (Phi) is 16.2. The van der Waals surface area contributed by atoms with Gasteiger partial charge in [-0.05, 0) is 12.5 Å². The largest absolute Gasteiger partial charge is 0.494 e. The molecule has 1 rings (SSSR count). The van der Waals surface area contributed by atoms with E-state index in [4.69, 9.17) is 9.84 Å². The van der Waals surface area contributed by atoms with E-state index >= 15 is 0 Å². The summed E-state index contributed by atoms with van der Waals surface area (Å²) in [5, 5.41) is 10.8. The van der Waals surface area contributed by atoms with Crippen molar-refractivity contribution in [3.8, 4) is 5.75 Å². The fraction of sp³-hybridized carbons (Fsp3) is 0.692. The Morgan fingerprint density at radius 2 is 1.38 bits per heavy atom. The first-order chi connectivity index (χ1) is 17.7. The molecule has 0 bridgehead atoms. The van der Waals surface area contributed by atoms with Gasteiger partial charge in [0.2, 0.25) is 10.0 Å². The van der Waals surface area contributed by atoms with E-state index in [-0.39, 0.29) is 22.8 Å². The number of aliphatic carboxylic acids is 1. The van der Waals surface area contributed by atoms with E-state index < -0.39 is 34.4 Å². The van der Waals surface area contributed by atoms with Crippen LogP contribution in [0.3, 0.4) is 0 Å². The van der Waals surface area contributed by atoms with Gasteiger partial charge in [-0.1, -0.05) is 90.4 Å². The number of sulfonamides is 1. The maximum Gasteiger partial charge on any atom is 0.322 e. The number of unbranched alkanes of at least 4 members (excludes halogenated alkanes) is 13. The van der Waals surface area contributed by atoms with Crippen LogP contribution in [0.5, 0.6) is 5.75 Å². The fourth-order valence-corrected chi connectivity index (χ4v) is 4.96. The predicted molar refractivity (Wildman–Crippen MR) is 142 cm³/mol. The van der Waals surface area contributed by atoms with Crippen LogP contribution in [0, 0.1) is 0 Å². The number of ether oxygens (including phenoxy) is 1. The van der Waals surface area contributed by atoms with Crippen molar-refractivity contribution < 1.29 is 32.6 Å². The van der Waals surface area contributed by atoms with Crippen LogP contribution in [0.25, 0.3) is 0 Å². The SMILES string of the molecule is CCCCCCCCCCCCCCCCS(=O)(=O)NC(=O)c1cnc(C(=O)NCC(=O)O)c(OC)c1. The van der Waals surface area contributed by atoms with E-state index in [9.17, 15) is 22.8 Å². The van der Waals surface area contributed by atoms with Crippen molar-refractivity contribution in [2.75, 3.05) is 19.4 Å². The van der Waals surface area contributed by atoms with Crippen LogP contribution in [0.15, 0.2) is 12.3 Å². The first-order valence-electron chi connectivity index (χ1n) is 13.3. The number of hydrogen-bond donors (Lipinski definition) is 3. The molecule has 0 atom stereocenters. The molecule has 0 aliphatic carbocycles. The van der Waals surface area contributed by atoms with Gasteiger partial charge in [-0.2, -0.15) is 0 Å². The third-order valence-electron chi connectivity index (χ3n) is 5.96. The lowest BCUT2D eigenvalue weighted by molar-refractivity contribution is -0.135. The van der Waals surface area contributed by atoms with Gasteiger partial charge in [-0.15, -0.1) is 0 Å². The number of carbonyl (C=O) groups is 3. The number of pyridine rings is 1. The van der Waals surface area contributed by atoms with Gasteiger partial charge in [0.1, 0.15) is 6.54 Å². The summed E-state index contributed by atoms with van der Waals surface area (Å²) in [5.41, 5.74) is -0.318. The van der Waals surface area contributed by atoms with E-state index in [1.54, 1.807) is 0 Å². The summed E-state index contributed by atoms with van der Waals surface area (Å²) in [7, 11) is -2.57. The number of amides is 2. The molecule has 1 aromatic heterocycles. The van der Waals surface area contributed by atoms with Gasteiger partial charge in [0.25, 0.3) is 11.8 Å². The number of hydrogen-bond acceptors (Lipinski definition) is 7. The quantitative estimate of drug-likeness (QED) is 0.193. The monoisotopic (exact) mass is 541 g/mol. The van der Waals surface area contributed by atoms with Crippen LogP contribution in [0.4, 0.5) is 0 Å². The highest BCUT2D eigenvalue weighted by molar-refractivity contribution is 7.90. The Morgan fingerprint density at radius 1 is 0.865 bits per heavy atom. The normalized spacial score (nSPS) is 11.2. The number of carboxylic acids is 1. The van der Waals surface area contributed by atoms with Gasteiger partial charge in [-0.3, -0.25) is 14.4 Å². The molecule has 37 heavy (non-hydrogen) atoms. The highest BCUT2D eigenvalue weighted by Crippen LogP contribution is 2.18. The second-order valence-corrected chi connectivity index (χ2v) is 11.0. The Morgan fingerprint density at radius 3 is 1.86 bits per heavy atom. The molecule has 1 heterocycles. The number of methoxy groups -OCH3 is 1. The Labute approximate surface area is 221 Å². The molecule has 2 amide bonds. The number of nitrogens with zero attached hydrogens (tertiary/aromatic N) is 1. The summed E-state index contributed by atoms with van der Waals surface area (Å²) in [6, 6.07) is 1.18. The third-order valence-corrected chi connectivity index (χ3v) is 7.29. The van der Waals surface area contributed by atoms with E-state index in [1.165, 1.54) is 77.4 Å². The van der Waals surface area contributed by atoms with Crippen LogP contribution in [0.1, 0.15) is 118 Å². The minimum absolute atomic E-state index is 0.0834. The smallest absolute Gasteiger partial charge is 0.322 e. The molecule has 0 aliphatic rings. The van der Waals surface area contributed by atoms with Crippen molar-refractivity contribution in [3.63, 3.8) is 0 Å². The summed E-state index contributed by atoms with van der Waals surface area (Å²) in [4.78, 5) is 38.9. The molecule has 210 valence electrons. The number of carbonyl (C=O) groups excluding carboxylic acids is 2. The molecular weight excluding hydrogens is 498 g/mol. The second kappa shape index (κ2) is 18.5. The molecule has 3 N–H and O–H groups in total. The number of rotatable bonds is 21. The molecule has 0 unspecified atom stereocenters. The summed E-state index contributed by atoms with van der Waals surface area (Å²) < 4.78 is 31.7. The van der Waals surface area contributed by atoms with Crippen LogP contribution in [0.2, 0.25) is 0 Å². The molecule has 10 nitrogen and oxygen atoms in total. The maximum atomic E-state index is 12.4. The zero-order chi connectivity index (χ0) is 27.5. The van der Waals surface area contributed by atoms with Gasteiger partial charge in [-0.25, -0.2) is 18.1 Å². The topological polar surface area (TPSA) is 152 Å². The molecule has 0 saturated carbocycles. The molecule has 0 fully saturated rings. The first kappa shape index (κ1) is 32.3. The van der Waals surface area contributed by atoms with Crippen LogP contribution >= 0.6 is 0 Å². The first-order valence-corrected chi connectivity index (χ1v) is 14.9. The lowest BCUT2D eigenvalue weighted by Gasteiger charge is -2.10. The summed E-state index contributed by atoms with van der Waals surface area (Å²) in [6.07, 6.45) is 17.3. The maximum absolute atomic E-state index is 12.4. The van der Waals surface area contributed by atoms with E-state index in [2.05, 4.69) is 17.2 Å². The Bertz CT molecular complexity index is 951. The highest BCUT2D eigenvalue weighted by Gasteiger charge is 2.20. The van der Waals surface area contributed by atoms with Crippen molar-refractivity contribution in [1.29, 1.82) is 0 Å². The van der Waals surface area contributed by atoms with E-state index in [0.29, 0.717) is 6.42 Å². The van der Waals surface area contributed by atoms with E-state index in [1.807, 2.05) is 4.72 Å². The van der Waals surface area contributed by atoms with Crippen LogP contribution < -0.4 is 14.8 Å². The van der Waals surface area contributed by atoms with Crippen molar-refractivity contribution in [1.82, 2.24) is 15.0 Å². The van der Waals surface area contributed by atoms with Crippen molar-refractivity contribution in [2.45, 2.75) is 96.8 Å². The lowest BCUT2D eigenvalue weighted by atomic mass is 10.0. The molecule has 0 aromatic carbocycles. The van der Waals surface area contributed by atoms with Gasteiger partial charge < -0.3 is 15.2 Å². The van der Waals surface area contributed by atoms with Gasteiger partial charge in [0, 0.05) is 6.20 Å². The Balaban J connectivity index is 2.30. The molecule has 1 aromatic rings.